The number of halogens is 1. The minimum absolute atomic E-state index is 0.0718. The zero-order valence-corrected chi connectivity index (χ0v) is 6.80. The molecule has 0 aromatic rings. The van der Waals surface area contributed by atoms with Gasteiger partial charge in [-0.25, -0.2) is 8.42 Å². The summed E-state index contributed by atoms with van der Waals surface area (Å²) in [5, 5.41) is -0.183. The van der Waals surface area contributed by atoms with E-state index in [2.05, 4.69) is 12.6 Å². The Morgan fingerprint density at radius 1 is 1.75 bits per heavy atom. The predicted octanol–water partition coefficient (Wildman–Crippen LogP) is 0.873. The van der Waals surface area contributed by atoms with Crippen LogP contribution in [0.25, 0.3) is 0 Å². The van der Waals surface area contributed by atoms with Crippen molar-refractivity contribution in [3.63, 3.8) is 0 Å². The van der Waals surface area contributed by atoms with E-state index in [0.29, 0.717) is 0 Å². The molecule has 0 heterocycles. The lowest BCUT2D eigenvalue weighted by Gasteiger charge is -1.95. The Bertz CT molecular complexity index is 149. The van der Waals surface area contributed by atoms with Gasteiger partial charge >= 0.3 is 0 Å². The van der Waals surface area contributed by atoms with Crippen molar-refractivity contribution in [1.29, 1.82) is 0 Å². The molecule has 0 fully saturated rings. The van der Waals surface area contributed by atoms with E-state index in [0.717, 1.165) is 0 Å². The molecule has 0 saturated heterocycles. The summed E-state index contributed by atoms with van der Waals surface area (Å²) in [6.07, 6.45) is 0. The maximum Gasteiger partial charge on any atom is 0.233 e. The molecule has 1 atom stereocenters. The highest BCUT2D eigenvalue weighted by molar-refractivity contribution is 8.14. The van der Waals surface area contributed by atoms with Crippen molar-refractivity contribution >= 4 is 32.4 Å². The predicted molar refractivity (Wildman–Crippen MR) is 38.1 cm³/mol. The van der Waals surface area contributed by atoms with Crippen LogP contribution in [-0.4, -0.2) is 19.4 Å². The van der Waals surface area contributed by atoms with E-state index in [9.17, 15) is 8.42 Å². The monoisotopic (exact) mass is 174 g/mol. The second kappa shape index (κ2) is 2.94. The zero-order chi connectivity index (χ0) is 6.78. The molecule has 5 heteroatoms. The van der Waals surface area contributed by atoms with Crippen molar-refractivity contribution in [3.8, 4) is 0 Å². The molecule has 1 unspecified atom stereocenters. The van der Waals surface area contributed by atoms with Gasteiger partial charge in [-0.05, 0) is 0 Å². The van der Waals surface area contributed by atoms with Gasteiger partial charge in [-0.2, -0.15) is 12.6 Å². The Morgan fingerprint density at radius 2 is 2.12 bits per heavy atom. The fraction of sp³-hybridized carbons (Fsp3) is 1.00. The minimum atomic E-state index is -3.33. The van der Waals surface area contributed by atoms with Crippen molar-refractivity contribution in [2.24, 2.45) is 0 Å². The molecule has 0 aliphatic rings. The van der Waals surface area contributed by atoms with Crippen molar-refractivity contribution in [2.75, 3.05) is 5.75 Å². The number of rotatable bonds is 2. The van der Waals surface area contributed by atoms with E-state index >= 15 is 0 Å². The largest absolute Gasteiger partial charge is 0.233 e. The molecule has 0 rings (SSSR count). The van der Waals surface area contributed by atoms with Gasteiger partial charge in [-0.15, -0.1) is 0 Å². The first-order valence-electron chi connectivity index (χ1n) is 2.02. The van der Waals surface area contributed by atoms with Crippen LogP contribution in [0.3, 0.4) is 0 Å². The van der Waals surface area contributed by atoms with Gasteiger partial charge in [0.15, 0.2) is 0 Å². The van der Waals surface area contributed by atoms with Gasteiger partial charge in [0.05, 0.1) is 5.75 Å². The van der Waals surface area contributed by atoms with E-state index in [-0.39, 0.29) is 11.0 Å². The van der Waals surface area contributed by atoms with Crippen LogP contribution < -0.4 is 0 Å². The van der Waals surface area contributed by atoms with Gasteiger partial charge in [-0.1, -0.05) is 6.92 Å². The molecule has 50 valence electrons. The Kier molecular flexibility index (Phi) is 3.16. The quantitative estimate of drug-likeness (QED) is 0.498. The van der Waals surface area contributed by atoms with E-state index in [1.165, 1.54) is 0 Å². The molecule has 0 amide bonds. The summed E-state index contributed by atoms with van der Waals surface area (Å²) in [6, 6.07) is 0. The van der Waals surface area contributed by atoms with Crippen molar-refractivity contribution in [3.05, 3.63) is 0 Å². The first-order chi connectivity index (χ1) is 3.42. The molecule has 8 heavy (non-hydrogen) atoms. The SMILES string of the molecule is CC(S)CS(=O)(=O)Cl. The third-order valence-corrected chi connectivity index (χ3v) is 2.15. The van der Waals surface area contributed by atoms with E-state index in [1.807, 2.05) is 0 Å². The minimum Gasteiger partial charge on any atom is -0.212 e. The highest BCUT2D eigenvalue weighted by Gasteiger charge is 2.07. The smallest absolute Gasteiger partial charge is 0.212 e. The summed E-state index contributed by atoms with van der Waals surface area (Å²) < 4.78 is 20.3. The average Bonchev–Trinajstić information content (AvgIpc) is 1.21. The molecule has 0 aromatic heterocycles. The molecule has 0 bridgehead atoms. The van der Waals surface area contributed by atoms with Crippen LogP contribution >= 0.6 is 23.3 Å². The number of thiol groups is 1. The molecule has 0 saturated carbocycles. The second-order valence-electron chi connectivity index (χ2n) is 1.55. The summed E-state index contributed by atoms with van der Waals surface area (Å²) in [6.45, 7) is 1.67. The fourth-order valence-corrected chi connectivity index (χ4v) is 2.28. The molecule has 2 nitrogen and oxygen atoms in total. The summed E-state index contributed by atoms with van der Waals surface area (Å²) in [5.74, 6) is -0.0718. The van der Waals surface area contributed by atoms with Gasteiger partial charge in [0.25, 0.3) is 0 Å². The Morgan fingerprint density at radius 3 is 2.12 bits per heavy atom. The maximum atomic E-state index is 10.2. The summed E-state index contributed by atoms with van der Waals surface area (Å²) in [4.78, 5) is 0. The molecular formula is C3H7ClO2S2. The third-order valence-electron chi connectivity index (χ3n) is 0.440. The van der Waals surface area contributed by atoms with Crippen LogP contribution in [0.1, 0.15) is 6.92 Å². The molecule has 0 spiro atoms. The standard InChI is InChI=1S/C3H7ClO2S2/c1-3(7)2-8(4,5)6/h3,7H,2H2,1H3. The lowest BCUT2D eigenvalue weighted by atomic mass is 10.6. The van der Waals surface area contributed by atoms with E-state index in [1.54, 1.807) is 6.92 Å². The van der Waals surface area contributed by atoms with Crippen molar-refractivity contribution in [2.45, 2.75) is 12.2 Å². The average molecular weight is 175 g/mol. The van der Waals surface area contributed by atoms with Crippen LogP contribution in [0.2, 0.25) is 0 Å². The van der Waals surface area contributed by atoms with Gasteiger partial charge < -0.3 is 0 Å². The molecule has 0 aliphatic heterocycles. The van der Waals surface area contributed by atoms with Crippen LogP contribution in [-0.2, 0) is 9.05 Å². The second-order valence-corrected chi connectivity index (χ2v) is 5.26. The molecule has 0 N–H and O–H groups in total. The maximum absolute atomic E-state index is 10.2. The lowest BCUT2D eigenvalue weighted by Crippen LogP contribution is -2.06. The number of hydrogen-bond donors (Lipinski definition) is 1. The third kappa shape index (κ3) is 6.59. The summed E-state index contributed by atoms with van der Waals surface area (Å²) in [5.41, 5.74) is 0. The van der Waals surface area contributed by atoms with Gasteiger partial charge in [-0.3, -0.25) is 0 Å². The molecule has 0 aliphatic carbocycles. The van der Waals surface area contributed by atoms with Gasteiger partial charge in [0.2, 0.25) is 9.05 Å². The topological polar surface area (TPSA) is 34.1 Å². The lowest BCUT2D eigenvalue weighted by molar-refractivity contribution is 0.609. The van der Waals surface area contributed by atoms with E-state index < -0.39 is 9.05 Å². The molecule has 0 radical (unpaired) electrons. The highest BCUT2D eigenvalue weighted by Crippen LogP contribution is 2.02. The summed E-state index contributed by atoms with van der Waals surface area (Å²) in [7, 11) is 1.52. The normalized spacial score (nSPS) is 15.9. The Labute approximate surface area is 59.1 Å². The number of hydrogen-bond acceptors (Lipinski definition) is 3. The first kappa shape index (κ1) is 8.59. The fourth-order valence-electron chi connectivity index (χ4n) is 0.288. The van der Waals surface area contributed by atoms with Gasteiger partial charge in [0.1, 0.15) is 0 Å². The summed E-state index contributed by atoms with van der Waals surface area (Å²) >= 11 is 3.83. The molecule has 0 aromatic carbocycles. The highest BCUT2D eigenvalue weighted by atomic mass is 35.7. The van der Waals surface area contributed by atoms with E-state index in [4.69, 9.17) is 10.7 Å². The Balaban J connectivity index is 3.75. The van der Waals surface area contributed by atoms with Crippen LogP contribution in [0.5, 0.6) is 0 Å². The van der Waals surface area contributed by atoms with Crippen LogP contribution in [0.15, 0.2) is 0 Å². The van der Waals surface area contributed by atoms with Crippen LogP contribution in [0, 0.1) is 0 Å². The van der Waals surface area contributed by atoms with Crippen LogP contribution in [0.4, 0.5) is 0 Å². The van der Waals surface area contributed by atoms with Gasteiger partial charge in [0, 0.05) is 15.9 Å². The van der Waals surface area contributed by atoms with Crippen molar-refractivity contribution in [1.82, 2.24) is 0 Å². The Hall–Kier alpha value is 0.590. The van der Waals surface area contributed by atoms with Crippen molar-refractivity contribution < 1.29 is 8.42 Å². The molecular weight excluding hydrogens is 168 g/mol. The zero-order valence-electron chi connectivity index (χ0n) is 4.33. The first-order valence-corrected chi connectivity index (χ1v) is 5.01.